The maximum atomic E-state index is 12.8. The summed E-state index contributed by atoms with van der Waals surface area (Å²) in [5.41, 5.74) is 0.866. The Kier molecular flexibility index (Phi) is 10.4. The Morgan fingerprint density at radius 2 is 1.84 bits per heavy atom. The van der Waals surface area contributed by atoms with Crippen molar-refractivity contribution in [2.24, 2.45) is 5.92 Å². The fourth-order valence-electron chi connectivity index (χ4n) is 3.18. The standard InChI is InChI=1S/C23H34N4O3S/c1-5-6-7-8-9-10-14-19(28)24-20(16(2)3)21(29)25-23-27-26-22(31-23)17-12-11-13-18(15-17)30-4/h11-13,15-16,20H,5-10,14H2,1-4H3,(H,24,28)(H,25,27,29). The number of benzene rings is 1. The Morgan fingerprint density at radius 1 is 1.10 bits per heavy atom. The molecule has 2 amide bonds. The van der Waals surface area contributed by atoms with E-state index in [2.05, 4.69) is 27.8 Å². The van der Waals surface area contributed by atoms with Gasteiger partial charge in [-0.2, -0.15) is 0 Å². The SMILES string of the molecule is CCCCCCCCC(=O)NC(C(=O)Nc1nnc(-c2cccc(OC)c2)s1)C(C)C. The van der Waals surface area contributed by atoms with Gasteiger partial charge in [0.1, 0.15) is 16.8 Å². The van der Waals surface area contributed by atoms with Gasteiger partial charge in [0.25, 0.3) is 0 Å². The third-order valence-electron chi connectivity index (χ3n) is 4.99. The molecule has 0 aliphatic heterocycles. The molecule has 2 aromatic rings. The molecule has 0 fully saturated rings. The molecule has 170 valence electrons. The maximum absolute atomic E-state index is 12.8. The molecule has 0 saturated heterocycles. The van der Waals surface area contributed by atoms with Crippen LogP contribution in [0.3, 0.4) is 0 Å². The van der Waals surface area contributed by atoms with Crippen molar-refractivity contribution in [1.29, 1.82) is 0 Å². The number of hydrogen-bond acceptors (Lipinski definition) is 6. The van der Waals surface area contributed by atoms with Gasteiger partial charge in [-0.15, -0.1) is 10.2 Å². The normalized spacial score (nSPS) is 11.9. The molecule has 31 heavy (non-hydrogen) atoms. The van der Waals surface area contributed by atoms with E-state index in [0.717, 1.165) is 30.6 Å². The van der Waals surface area contributed by atoms with Gasteiger partial charge in [0, 0.05) is 12.0 Å². The van der Waals surface area contributed by atoms with Crippen LogP contribution < -0.4 is 15.4 Å². The maximum Gasteiger partial charge on any atom is 0.249 e. The molecule has 1 aromatic heterocycles. The lowest BCUT2D eigenvalue weighted by Crippen LogP contribution is -2.47. The number of anilines is 1. The van der Waals surface area contributed by atoms with E-state index in [0.29, 0.717) is 16.6 Å². The molecule has 1 unspecified atom stereocenters. The average molecular weight is 447 g/mol. The lowest BCUT2D eigenvalue weighted by molar-refractivity contribution is -0.127. The first-order valence-electron chi connectivity index (χ1n) is 11.0. The molecule has 8 heteroatoms. The van der Waals surface area contributed by atoms with Crippen molar-refractivity contribution in [1.82, 2.24) is 15.5 Å². The summed E-state index contributed by atoms with van der Waals surface area (Å²) in [6, 6.07) is 6.90. The highest BCUT2D eigenvalue weighted by molar-refractivity contribution is 7.18. The average Bonchev–Trinajstić information content (AvgIpc) is 3.22. The fourth-order valence-corrected chi connectivity index (χ4v) is 3.92. The predicted octanol–water partition coefficient (Wildman–Crippen LogP) is 5.04. The van der Waals surface area contributed by atoms with Crippen LogP contribution in [-0.2, 0) is 9.59 Å². The summed E-state index contributed by atoms with van der Waals surface area (Å²) >= 11 is 1.28. The van der Waals surface area contributed by atoms with Gasteiger partial charge >= 0.3 is 0 Å². The van der Waals surface area contributed by atoms with Crippen molar-refractivity contribution >= 4 is 28.3 Å². The van der Waals surface area contributed by atoms with E-state index in [1.165, 1.54) is 30.6 Å². The van der Waals surface area contributed by atoms with Gasteiger partial charge in [0.15, 0.2) is 0 Å². The third kappa shape index (κ3) is 8.28. The number of nitrogens with zero attached hydrogens (tertiary/aromatic N) is 2. The smallest absolute Gasteiger partial charge is 0.249 e. The first kappa shape index (κ1) is 24.8. The summed E-state index contributed by atoms with van der Waals surface area (Å²) in [5, 5.41) is 15.0. The summed E-state index contributed by atoms with van der Waals surface area (Å²) in [6.45, 7) is 6.01. The number of nitrogens with one attached hydrogen (secondary N) is 2. The van der Waals surface area contributed by atoms with Crippen molar-refractivity contribution in [3.8, 4) is 16.3 Å². The predicted molar refractivity (Wildman–Crippen MR) is 125 cm³/mol. The number of methoxy groups -OCH3 is 1. The number of carbonyl (C=O) groups is 2. The number of hydrogen-bond donors (Lipinski definition) is 2. The molecular weight excluding hydrogens is 412 g/mol. The van der Waals surface area contributed by atoms with Crippen molar-refractivity contribution in [3.63, 3.8) is 0 Å². The van der Waals surface area contributed by atoms with Crippen LogP contribution in [0, 0.1) is 5.92 Å². The zero-order valence-electron chi connectivity index (χ0n) is 18.9. The minimum Gasteiger partial charge on any atom is -0.497 e. The third-order valence-corrected chi connectivity index (χ3v) is 5.88. The number of aromatic nitrogens is 2. The number of carbonyl (C=O) groups excluding carboxylic acids is 2. The first-order valence-corrected chi connectivity index (χ1v) is 11.8. The van der Waals surface area contributed by atoms with E-state index in [9.17, 15) is 9.59 Å². The van der Waals surface area contributed by atoms with Crippen LogP contribution in [0.5, 0.6) is 5.75 Å². The van der Waals surface area contributed by atoms with Crippen LogP contribution in [0.25, 0.3) is 10.6 Å². The second kappa shape index (κ2) is 13.0. The molecule has 0 aliphatic carbocycles. The number of rotatable bonds is 13. The molecule has 1 aromatic carbocycles. The molecule has 0 radical (unpaired) electrons. The van der Waals surface area contributed by atoms with E-state index < -0.39 is 6.04 Å². The van der Waals surface area contributed by atoms with E-state index in [-0.39, 0.29) is 17.7 Å². The molecule has 0 aliphatic rings. The van der Waals surface area contributed by atoms with Crippen LogP contribution in [0.15, 0.2) is 24.3 Å². The molecule has 1 heterocycles. The van der Waals surface area contributed by atoms with E-state index in [4.69, 9.17) is 4.74 Å². The summed E-state index contributed by atoms with van der Waals surface area (Å²) in [5.74, 6) is 0.323. The van der Waals surface area contributed by atoms with Crippen molar-refractivity contribution < 1.29 is 14.3 Å². The molecule has 0 bridgehead atoms. The van der Waals surface area contributed by atoms with Crippen LogP contribution in [-0.4, -0.2) is 35.2 Å². The fraction of sp³-hybridized carbons (Fsp3) is 0.565. The molecule has 0 saturated carbocycles. The molecule has 0 spiro atoms. The molecule has 1 atom stereocenters. The summed E-state index contributed by atoms with van der Waals surface area (Å²) in [4.78, 5) is 25.1. The Hall–Kier alpha value is -2.48. The van der Waals surface area contributed by atoms with Gasteiger partial charge in [-0.05, 0) is 24.5 Å². The minimum absolute atomic E-state index is 0.0423. The second-order valence-corrected chi connectivity index (χ2v) is 8.92. The number of amides is 2. The largest absolute Gasteiger partial charge is 0.497 e. The van der Waals surface area contributed by atoms with Crippen LogP contribution in [0.2, 0.25) is 0 Å². The second-order valence-electron chi connectivity index (χ2n) is 7.94. The minimum atomic E-state index is -0.614. The highest BCUT2D eigenvalue weighted by atomic mass is 32.1. The molecule has 2 N–H and O–H groups in total. The zero-order valence-corrected chi connectivity index (χ0v) is 19.8. The van der Waals surface area contributed by atoms with E-state index in [1.54, 1.807) is 7.11 Å². The van der Waals surface area contributed by atoms with E-state index in [1.807, 2.05) is 38.1 Å². The lowest BCUT2D eigenvalue weighted by Gasteiger charge is -2.21. The zero-order chi connectivity index (χ0) is 22.6. The van der Waals surface area contributed by atoms with Gasteiger partial charge in [0.05, 0.1) is 7.11 Å². The van der Waals surface area contributed by atoms with Gasteiger partial charge in [-0.1, -0.05) is 76.3 Å². The van der Waals surface area contributed by atoms with E-state index >= 15 is 0 Å². The summed E-state index contributed by atoms with van der Waals surface area (Å²) in [6.07, 6.45) is 7.17. The Bertz CT molecular complexity index is 838. The van der Waals surface area contributed by atoms with Gasteiger partial charge in [-0.25, -0.2) is 0 Å². The Balaban J connectivity index is 1.89. The Morgan fingerprint density at radius 3 is 2.55 bits per heavy atom. The summed E-state index contributed by atoms with van der Waals surface area (Å²) < 4.78 is 5.24. The van der Waals surface area contributed by atoms with Crippen LogP contribution >= 0.6 is 11.3 Å². The quantitative estimate of drug-likeness (QED) is 0.420. The van der Waals surface area contributed by atoms with Crippen LogP contribution in [0.1, 0.15) is 65.7 Å². The van der Waals surface area contributed by atoms with Crippen molar-refractivity contribution in [3.05, 3.63) is 24.3 Å². The van der Waals surface area contributed by atoms with Crippen molar-refractivity contribution in [2.45, 2.75) is 71.8 Å². The molecular formula is C23H34N4O3S. The first-order chi connectivity index (χ1) is 14.9. The van der Waals surface area contributed by atoms with Crippen molar-refractivity contribution in [2.75, 3.05) is 12.4 Å². The Labute approximate surface area is 189 Å². The number of ether oxygens (including phenoxy) is 1. The van der Waals surface area contributed by atoms with Gasteiger partial charge in [0.2, 0.25) is 16.9 Å². The van der Waals surface area contributed by atoms with Crippen LogP contribution in [0.4, 0.5) is 5.13 Å². The monoisotopic (exact) mass is 446 g/mol. The van der Waals surface area contributed by atoms with Gasteiger partial charge < -0.3 is 10.1 Å². The summed E-state index contributed by atoms with van der Waals surface area (Å²) in [7, 11) is 1.61. The van der Waals surface area contributed by atoms with Gasteiger partial charge in [-0.3, -0.25) is 14.9 Å². The molecule has 7 nitrogen and oxygen atoms in total. The highest BCUT2D eigenvalue weighted by Crippen LogP contribution is 2.28. The topological polar surface area (TPSA) is 93.2 Å². The highest BCUT2D eigenvalue weighted by Gasteiger charge is 2.25. The number of unbranched alkanes of at least 4 members (excludes halogenated alkanes) is 5. The molecule has 2 rings (SSSR count). The lowest BCUT2D eigenvalue weighted by atomic mass is 10.0.